The molecule has 2 aliphatic heterocycles. The molecule has 2 aliphatic rings. The number of aromatic nitrogens is 1. The molecule has 0 radical (unpaired) electrons. The molecular weight excluding hydrogens is 337 g/mol. The number of likely N-dealkylation sites (tertiary alicyclic amines) is 2. The number of carbonyl (C=O) groups excluding carboxylic acids is 2. The summed E-state index contributed by atoms with van der Waals surface area (Å²) >= 11 is 0. The van der Waals surface area contributed by atoms with Gasteiger partial charge in [0.05, 0.1) is 6.20 Å². The van der Waals surface area contributed by atoms with Gasteiger partial charge in [-0.3, -0.25) is 9.59 Å². The van der Waals surface area contributed by atoms with Crippen molar-refractivity contribution in [1.82, 2.24) is 15.0 Å². The molecule has 26 heavy (non-hydrogen) atoms. The number of piperidine rings is 1. The van der Waals surface area contributed by atoms with Crippen molar-refractivity contribution in [2.45, 2.75) is 25.8 Å². The quantitative estimate of drug-likeness (QED) is 0.846. The summed E-state index contributed by atoms with van der Waals surface area (Å²) in [4.78, 5) is 28.4. The van der Waals surface area contributed by atoms with Gasteiger partial charge in [-0.1, -0.05) is 17.3 Å². The molecule has 0 saturated carbocycles. The molecule has 0 aliphatic carbocycles. The fourth-order valence-corrected chi connectivity index (χ4v) is 3.98. The number of carbonyl (C=O) groups is 2. The second-order valence-corrected chi connectivity index (χ2v) is 7.23. The van der Waals surface area contributed by atoms with E-state index in [-0.39, 0.29) is 28.8 Å². The Bertz CT molecular complexity index is 813. The van der Waals surface area contributed by atoms with E-state index >= 15 is 0 Å². The van der Waals surface area contributed by atoms with Crippen LogP contribution in [0.1, 0.15) is 35.4 Å². The Balaban J connectivity index is 1.38. The van der Waals surface area contributed by atoms with Crippen LogP contribution in [-0.2, 0) is 11.3 Å². The van der Waals surface area contributed by atoms with Crippen LogP contribution >= 0.6 is 0 Å². The summed E-state index contributed by atoms with van der Waals surface area (Å²) in [7, 11) is 0. The van der Waals surface area contributed by atoms with Crippen LogP contribution < -0.4 is 0 Å². The first-order valence-electron chi connectivity index (χ1n) is 8.77. The van der Waals surface area contributed by atoms with Crippen molar-refractivity contribution in [2.24, 2.45) is 5.41 Å². The summed E-state index contributed by atoms with van der Waals surface area (Å²) in [5.74, 6) is -0.0955. The third-order valence-corrected chi connectivity index (χ3v) is 5.43. The summed E-state index contributed by atoms with van der Waals surface area (Å²) in [6.45, 7) is 2.28. The summed E-state index contributed by atoms with van der Waals surface area (Å²) in [5.41, 5.74) is 0.705. The van der Waals surface area contributed by atoms with Crippen molar-refractivity contribution >= 4 is 11.8 Å². The first kappa shape index (κ1) is 16.8. The lowest BCUT2D eigenvalue weighted by atomic mass is 9.77. The number of benzene rings is 1. The number of amides is 2. The maximum Gasteiger partial charge on any atom is 0.292 e. The molecule has 0 unspecified atom stereocenters. The van der Waals surface area contributed by atoms with E-state index in [1.54, 1.807) is 17.0 Å². The predicted molar refractivity (Wildman–Crippen MR) is 90.5 cm³/mol. The minimum atomic E-state index is -0.289. The number of rotatable bonds is 3. The summed E-state index contributed by atoms with van der Waals surface area (Å²) < 4.78 is 18.3. The van der Waals surface area contributed by atoms with Crippen LogP contribution in [0.25, 0.3) is 0 Å². The Morgan fingerprint density at radius 1 is 1.27 bits per heavy atom. The van der Waals surface area contributed by atoms with Gasteiger partial charge in [-0.05, 0) is 30.5 Å². The van der Waals surface area contributed by atoms with E-state index in [1.807, 2.05) is 11.0 Å². The van der Waals surface area contributed by atoms with Gasteiger partial charge < -0.3 is 14.3 Å². The third kappa shape index (κ3) is 3.21. The molecule has 2 amide bonds. The Hall–Kier alpha value is -2.70. The minimum absolute atomic E-state index is 0.0946. The molecule has 6 nitrogen and oxygen atoms in total. The van der Waals surface area contributed by atoms with Crippen molar-refractivity contribution in [1.29, 1.82) is 0 Å². The predicted octanol–water partition coefficient (Wildman–Crippen LogP) is 2.47. The number of hydrogen-bond donors (Lipinski definition) is 0. The molecule has 136 valence electrons. The minimum Gasteiger partial charge on any atom is -0.351 e. The molecule has 2 saturated heterocycles. The van der Waals surface area contributed by atoms with Gasteiger partial charge in [-0.15, -0.1) is 0 Å². The molecule has 0 bridgehead atoms. The third-order valence-electron chi connectivity index (χ3n) is 5.43. The van der Waals surface area contributed by atoms with Crippen LogP contribution in [0.4, 0.5) is 4.39 Å². The van der Waals surface area contributed by atoms with Crippen LogP contribution in [0.2, 0.25) is 0 Å². The smallest absolute Gasteiger partial charge is 0.292 e. The Kier molecular flexibility index (Phi) is 4.22. The van der Waals surface area contributed by atoms with Gasteiger partial charge in [0, 0.05) is 44.1 Å². The standard InChI is InChI=1S/C19H20FN3O3/c20-15-3-1-2-14(10-15)12-23-13-19(11-17(23)24)5-8-22(9-6-19)18(25)16-4-7-21-26-16/h1-4,7,10H,5-6,8-9,11-13H2. The highest BCUT2D eigenvalue weighted by Crippen LogP contribution is 2.41. The van der Waals surface area contributed by atoms with Crippen LogP contribution in [-0.4, -0.2) is 46.4 Å². The van der Waals surface area contributed by atoms with Crippen LogP contribution in [0.15, 0.2) is 41.1 Å². The van der Waals surface area contributed by atoms with Gasteiger partial charge >= 0.3 is 0 Å². The first-order chi connectivity index (χ1) is 12.5. The van der Waals surface area contributed by atoms with Gasteiger partial charge in [-0.2, -0.15) is 0 Å². The Labute approximate surface area is 150 Å². The number of hydrogen-bond acceptors (Lipinski definition) is 4. The van der Waals surface area contributed by atoms with Crippen molar-refractivity contribution in [3.8, 4) is 0 Å². The average molecular weight is 357 g/mol. The van der Waals surface area contributed by atoms with Crippen LogP contribution in [0.3, 0.4) is 0 Å². The number of halogens is 1. The van der Waals surface area contributed by atoms with Crippen LogP contribution in [0, 0.1) is 11.2 Å². The molecule has 2 fully saturated rings. The van der Waals surface area contributed by atoms with Gasteiger partial charge in [-0.25, -0.2) is 4.39 Å². The average Bonchev–Trinajstić information content (AvgIpc) is 3.24. The lowest BCUT2D eigenvalue weighted by molar-refractivity contribution is -0.128. The van der Waals surface area contributed by atoms with Crippen molar-refractivity contribution in [2.75, 3.05) is 19.6 Å². The fourth-order valence-electron chi connectivity index (χ4n) is 3.98. The van der Waals surface area contributed by atoms with E-state index in [0.717, 1.165) is 18.4 Å². The van der Waals surface area contributed by atoms with Gasteiger partial charge in [0.2, 0.25) is 11.7 Å². The van der Waals surface area contributed by atoms with Crippen molar-refractivity contribution in [3.05, 3.63) is 53.7 Å². The summed E-state index contributed by atoms with van der Waals surface area (Å²) in [5, 5.41) is 3.57. The second-order valence-electron chi connectivity index (χ2n) is 7.23. The van der Waals surface area contributed by atoms with E-state index in [1.165, 1.54) is 18.3 Å². The van der Waals surface area contributed by atoms with Crippen molar-refractivity contribution in [3.63, 3.8) is 0 Å². The maximum absolute atomic E-state index is 13.4. The largest absolute Gasteiger partial charge is 0.351 e. The summed E-state index contributed by atoms with van der Waals surface area (Å²) in [6, 6.07) is 7.93. The van der Waals surface area contributed by atoms with E-state index in [9.17, 15) is 14.0 Å². The van der Waals surface area contributed by atoms with Crippen LogP contribution in [0.5, 0.6) is 0 Å². The zero-order valence-electron chi connectivity index (χ0n) is 14.4. The molecule has 4 rings (SSSR count). The van der Waals surface area contributed by atoms with E-state index < -0.39 is 0 Å². The molecule has 7 heteroatoms. The highest BCUT2D eigenvalue weighted by Gasteiger charge is 2.45. The highest BCUT2D eigenvalue weighted by molar-refractivity contribution is 5.91. The molecule has 3 heterocycles. The molecule has 1 aromatic heterocycles. The highest BCUT2D eigenvalue weighted by atomic mass is 19.1. The lowest BCUT2D eigenvalue weighted by Crippen LogP contribution is -2.44. The van der Waals surface area contributed by atoms with Gasteiger partial charge in [0.15, 0.2) is 0 Å². The zero-order valence-corrected chi connectivity index (χ0v) is 14.4. The molecule has 0 N–H and O–H groups in total. The fraction of sp³-hybridized carbons (Fsp3) is 0.421. The topological polar surface area (TPSA) is 66.7 Å². The molecule has 0 atom stereocenters. The van der Waals surface area contributed by atoms with E-state index in [0.29, 0.717) is 32.6 Å². The Morgan fingerprint density at radius 2 is 2.08 bits per heavy atom. The molecule has 2 aromatic rings. The van der Waals surface area contributed by atoms with Crippen molar-refractivity contribution < 1.29 is 18.5 Å². The monoisotopic (exact) mass is 357 g/mol. The van der Waals surface area contributed by atoms with E-state index in [2.05, 4.69) is 5.16 Å². The molecule has 1 spiro atoms. The second kappa shape index (κ2) is 6.55. The molecule has 1 aromatic carbocycles. The zero-order chi connectivity index (χ0) is 18.1. The number of nitrogens with zero attached hydrogens (tertiary/aromatic N) is 3. The Morgan fingerprint density at radius 3 is 2.77 bits per heavy atom. The van der Waals surface area contributed by atoms with Gasteiger partial charge in [0.25, 0.3) is 5.91 Å². The normalized spacial score (nSPS) is 19.3. The SMILES string of the molecule is O=C1CC2(CCN(C(=O)c3ccno3)CC2)CN1Cc1cccc(F)c1. The van der Waals surface area contributed by atoms with E-state index in [4.69, 9.17) is 4.52 Å². The lowest BCUT2D eigenvalue weighted by Gasteiger charge is -2.38. The molecular formula is C19H20FN3O3. The summed E-state index contributed by atoms with van der Waals surface area (Å²) in [6.07, 6.45) is 3.50. The van der Waals surface area contributed by atoms with Gasteiger partial charge in [0.1, 0.15) is 5.82 Å². The first-order valence-corrected chi connectivity index (χ1v) is 8.77. The maximum atomic E-state index is 13.4.